The largest absolute Gasteiger partial charge is 0.377 e. The molecule has 96 valence electrons. The van der Waals surface area contributed by atoms with Crippen LogP contribution in [0.5, 0.6) is 0 Å². The molecule has 0 bridgehead atoms. The lowest BCUT2D eigenvalue weighted by Gasteiger charge is -2.32. The Morgan fingerprint density at radius 2 is 2.11 bits per heavy atom. The highest BCUT2D eigenvalue weighted by molar-refractivity contribution is 5.59. The summed E-state index contributed by atoms with van der Waals surface area (Å²) in [6, 6.07) is 5.75. The Bertz CT molecular complexity index is 671. The van der Waals surface area contributed by atoms with Gasteiger partial charge in [-0.05, 0) is 18.2 Å². The maximum Gasteiger partial charge on any atom is 0.161 e. The minimum atomic E-state index is -0.921. The van der Waals surface area contributed by atoms with Gasteiger partial charge in [0.15, 0.2) is 17.0 Å². The summed E-state index contributed by atoms with van der Waals surface area (Å²) in [7, 11) is 0. The summed E-state index contributed by atoms with van der Waals surface area (Å²) >= 11 is 0. The SMILES string of the molecule is N#CC1(c2ncc(-c3ccc(F)c(F)c3)[nH]2)COC1. The van der Waals surface area contributed by atoms with Crippen LogP contribution in [0.25, 0.3) is 11.3 Å². The zero-order valence-electron chi connectivity index (χ0n) is 9.78. The first kappa shape index (κ1) is 11.8. The summed E-state index contributed by atoms with van der Waals surface area (Å²) in [5, 5.41) is 9.15. The van der Waals surface area contributed by atoms with E-state index < -0.39 is 17.0 Å². The molecule has 1 aliphatic rings. The lowest BCUT2D eigenvalue weighted by atomic mass is 9.87. The molecule has 1 saturated heterocycles. The molecule has 0 saturated carbocycles. The van der Waals surface area contributed by atoms with Crippen LogP contribution < -0.4 is 0 Å². The van der Waals surface area contributed by atoms with Gasteiger partial charge in [0, 0.05) is 5.56 Å². The molecule has 0 spiro atoms. The predicted molar refractivity (Wildman–Crippen MR) is 62.0 cm³/mol. The van der Waals surface area contributed by atoms with Crippen LogP contribution >= 0.6 is 0 Å². The first-order valence-corrected chi connectivity index (χ1v) is 5.64. The second-order valence-electron chi connectivity index (χ2n) is 4.46. The number of halogens is 2. The molecule has 2 heterocycles. The maximum atomic E-state index is 13.2. The summed E-state index contributed by atoms with van der Waals surface area (Å²) in [5.74, 6) is -1.33. The molecule has 1 N–H and O–H groups in total. The minimum Gasteiger partial charge on any atom is -0.377 e. The number of nitrogens with one attached hydrogen (secondary N) is 1. The number of aromatic amines is 1. The van der Waals surface area contributed by atoms with Crippen molar-refractivity contribution in [1.82, 2.24) is 9.97 Å². The number of nitriles is 1. The summed E-state index contributed by atoms with van der Waals surface area (Å²) in [6.07, 6.45) is 1.50. The zero-order chi connectivity index (χ0) is 13.5. The fourth-order valence-electron chi connectivity index (χ4n) is 1.94. The summed E-state index contributed by atoms with van der Waals surface area (Å²) < 4.78 is 31.1. The van der Waals surface area contributed by atoms with Crippen molar-refractivity contribution < 1.29 is 13.5 Å². The number of hydrogen-bond acceptors (Lipinski definition) is 3. The lowest BCUT2D eigenvalue weighted by Crippen LogP contribution is -2.46. The van der Waals surface area contributed by atoms with Crippen LogP contribution in [-0.4, -0.2) is 23.2 Å². The first-order valence-electron chi connectivity index (χ1n) is 5.64. The van der Waals surface area contributed by atoms with Crippen molar-refractivity contribution in [2.45, 2.75) is 5.41 Å². The van der Waals surface area contributed by atoms with Gasteiger partial charge in [0.05, 0.1) is 31.2 Å². The van der Waals surface area contributed by atoms with Crippen LogP contribution in [0, 0.1) is 23.0 Å². The third-order valence-electron chi connectivity index (χ3n) is 3.17. The molecule has 1 aromatic carbocycles. The summed E-state index contributed by atoms with van der Waals surface area (Å²) in [4.78, 5) is 7.10. The first-order chi connectivity index (χ1) is 9.14. The summed E-state index contributed by atoms with van der Waals surface area (Å²) in [6.45, 7) is 0.572. The quantitative estimate of drug-likeness (QED) is 0.901. The second-order valence-corrected chi connectivity index (χ2v) is 4.46. The fourth-order valence-corrected chi connectivity index (χ4v) is 1.94. The van der Waals surface area contributed by atoms with Gasteiger partial charge in [-0.15, -0.1) is 0 Å². The van der Waals surface area contributed by atoms with Crippen molar-refractivity contribution in [1.29, 1.82) is 5.26 Å². The second kappa shape index (κ2) is 4.14. The van der Waals surface area contributed by atoms with Crippen molar-refractivity contribution >= 4 is 0 Å². The van der Waals surface area contributed by atoms with Crippen molar-refractivity contribution in [3.8, 4) is 17.3 Å². The predicted octanol–water partition coefficient (Wildman–Crippen LogP) is 2.15. The van der Waals surface area contributed by atoms with Gasteiger partial charge in [0.1, 0.15) is 5.82 Å². The highest BCUT2D eigenvalue weighted by atomic mass is 19.2. The van der Waals surface area contributed by atoms with Crippen molar-refractivity contribution in [3.63, 3.8) is 0 Å². The molecule has 2 aromatic rings. The van der Waals surface area contributed by atoms with Crippen LogP contribution in [0.15, 0.2) is 24.4 Å². The smallest absolute Gasteiger partial charge is 0.161 e. The van der Waals surface area contributed by atoms with E-state index in [0.717, 1.165) is 12.1 Å². The molecule has 19 heavy (non-hydrogen) atoms. The molecular weight excluding hydrogens is 252 g/mol. The van der Waals surface area contributed by atoms with Crippen LogP contribution in [0.2, 0.25) is 0 Å². The molecule has 1 aromatic heterocycles. The molecule has 0 amide bonds. The van der Waals surface area contributed by atoms with E-state index in [1.165, 1.54) is 12.3 Å². The summed E-state index contributed by atoms with van der Waals surface area (Å²) in [5.41, 5.74) is 0.262. The van der Waals surface area contributed by atoms with Crippen LogP contribution in [0.4, 0.5) is 8.78 Å². The van der Waals surface area contributed by atoms with E-state index in [2.05, 4.69) is 16.0 Å². The number of imidazole rings is 1. The van der Waals surface area contributed by atoms with Gasteiger partial charge in [-0.1, -0.05) is 0 Å². The molecule has 1 fully saturated rings. The van der Waals surface area contributed by atoms with E-state index in [1.807, 2.05) is 0 Å². The fraction of sp³-hybridized carbons (Fsp3) is 0.231. The molecule has 0 unspecified atom stereocenters. The van der Waals surface area contributed by atoms with Gasteiger partial charge in [0.2, 0.25) is 0 Å². The number of H-pyrrole nitrogens is 1. The Morgan fingerprint density at radius 1 is 1.32 bits per heavy atom. The molecule has 6 heteroatoms. The van der Waals surface area contributed by atoms with Gasteiger partial charge >= 0.3 is 0 Å². The number of aromatic nitrogens is 2. The Balaban J connectivity index is 1.97. The average Bonchev–Trinajstić information content (AvgIpc) is 2.82. The number of nitrogens with zero attached hydrogens (tertiary/aromatic N) is 2. The monoisotopic (exact) mass is 261 g/mol. The Hall–Kier alpha value is -2.26. The van der Waals surface area contributed by atoms with Crippen LogP contribution in [-0.2, 0) is 10.2 Å². The lowest BCUT2D eigenvalue weighted by molar-refractivity contribution is -0.0335. The van der Waals surface area contributed by atoms with Crippen LogP contribution in [0.3, 0.4) is 0 Å². The Labute approximate surface area is 107 Å². The molecule has 1 aliphatic heterocycles. The van der Waals surface area contributed by atoms with Gasteiger partial charge in [-0.25, -0.2) is 13.8 Å². The third kappa shape index (κ3) is 1.79. The van der Waals surface area contributed by atoms with E-state index in [0.29, 0.717) is 17.1 Å². The number of ether oxygens (including phenoxy) is 1. The van der Waals surface area contributed by atoms with Gasteiger partial charge < -0.3 is 9.72 Å². The Kier molecular flexibility index (Phi) is 2.57. The van der Waals surface area contributed by atoms with Gasteiger partial charge in [0.25, 0.3) is 0 Å². The molecule has 0 radical (unpaired) electrons. The van der Waals surface area contributed by atoms with Crippen molar-refractivity contribution in [2.75, 3.05) is 13.2 Å². The molecule has 3 rings (SSSR count). The van der Waals surface area contributed by atoms with Crippen LogP contribution in [0.1, 0.15) is 5.82 Å². The normalized spacial score (nSPS) is 16.7. The zero-order valence-corrected chi connectivity index (χ0v) is 9.78. The average molecular weight is 261 g/mol. The van der Waals surface area contributed by atoms with E-state index in [1.54, 1.807) is 0 Å². The van der Waals surface area contributed by atoms with E-state index in [9.17, 15) is 8.78 Å². The molecule has 4 nitrogen and oxygen atoms in total. The van der Waals surface area contributed by atoms with Crippen molar-refractivity contribution in [3.05, 3.63) is 41.9 Å². The number of rotatable bonds is 2. The van der Waals surface area contributed by atoms with Crippen molar-refractivity contribution in [2.24, 2.45) is 0 Å². The number of hydrogen-bond donors (Lipinski definition) is 1. The Morgan fingerprint density at radius 3 is 2.68 bits per heavy atom. The van der Waals surface area contributed by atoms with Gasteiger partial charge in [-0.3, -0.25) is 0 Å². The highest BCUT2D eigenvalue weighted by Crippen LogP contribution is 2.31. The minimum absolute atomic E-state index is 0.286. The standard InChI is InChI=1S/C13H9F2N3O/c14-9-2-1-8(3-10(9)15)11-4-17-12(18-11)13(5-16)6-19-7-13/h1-4H,6-7H2,(H,17,18). The topological polar surface area (TPSA) is 61.7 Å². The highest BCUT2D eigenvalue weighted by Gasteiger charge is 2.43. The maximum absolute atomic E-state index is 13.2. The molecule has 0 atom stereocenters. The van der Waals surface area contributed by atoms with Gasteiger partial charge in [-0.2, -0.15) is 5.26 Å². The van der Waals surface area contributed by atoms with E-state index in [4.69, 9.17) is 10.00 Å². The molecule has 0 aliphatic carbocycles. The third-order valence-corrected chi connectivity index (χ3v) is 3.17. The number of benzene rings is 1. The molecular formula is C13H9F2N3O. The van der Waals surface area contributed by atoms with E-state index >= 15 is 0 Å². The van der Waals surface area contributed by atoms with E-state index in [-0.39, 0.29) is 13.2 Å².